The molecule has 1 aromatic rings. The zero-order valence-electron chi connectivity index (χ0n) is 10.2. The second kappa shape index (κ2) is 7.08. The van der Waals surface area contributed by atoms with Crippen LogP contribution in [0.1, 0.15) is 6.42 Å². The van der Waals surface area contributed by atoms with Gasteiger partial charge >= 0.3 is 0 Å². The minimum Gasteiger partial charge on any atom is -0.383 e. The topological polar surface area (TPSA) is 41.1 Å². The Balaban J connectivity index is 1.65. The average molecular weight is 317 g/mol. The maximum absolute atomic E-state index is 11.8. The van der Waals surface area contributed by atoms with E-state index in [0.29, 0.717) is 28.9 Å². The number of carbonyl (C=O) groups is 1. The first kappa shape index (κ1) is 14.6. The van der Waals surface area contributed by atoms with E-state index < -0.39 is 0 Å². The van der Waals surface area contributed by atoms with Crippen molar-refractivity contribution in [1.82, 2.24) is 5.32 Å². The second-order valence-corrected chi connectivity index (χ2v) is 6.34. The molecule has 1 atom stereocenters. The molecule has 6 heteroatoms. The van der Waals surface area contributed by atoms with Crippen LogP contribution < -0.4 is 10.6 Å². The van der Waals surface area contributed by atoms with Gasteiger partial charge < -0.3 is 10.6 Å². The molecule has 1 unspecified atom stereocenters. The average Bonchev–Trinajstić information content (AvgIpc) is 2.76. The number of benzene rings is 1. The first-order chi connectivity index (χ1) is 9.16. The molecule has 0 aliphatic carbocycles. The van der Waals surface area contributed by atoms with Crippen LogP contribution in [0.3, 0.4) is 0 Å². The molecule has 0 saturated heterocycles. The zero-order valence-corrected chi connectivity index (χ0v) is 12.5. The van der Waals surface area contributed by atoms with Crippen LogP contribution in [0.2, 0.25) is 0 Å². The molecule has 1 amide bonds. The second-order valence-electron chi connectivity index (χ2n) is 4.07. The van der Waals surface area contributed by atoms with E-state index in [1.807, 2.05) is 30.3 Å². The number of anilines is 1. The summed E-state index contributed by atoms with van der Waals surface area (Å²) in [7, 11) is 0. The van der Waals surface area contributed by atoms with Crippen LogP contribution in [0.4, 0.5) is 5.69 Å². The largest absolute Gasteiger partial charge is 0.383 e. The van der Waals surface area contributed by atoms with Crippen LogP contribution >= 0.6 is 35.0 Å². The van der Waals surface area contributed by atoms with Gasteiger partial charge in [0.25, 0.3) is 0 Å². The molecule has 102 valence electrons. The van der Waals surface area contributed by atoms with Crippen molar-refractivity contribution in [3.8, 4) is 0 Å². The lowest BCUT2D eigenvalue weighted by Gasteiger charge is -2.11. The number of hydrogen-bond donors (Lipinski definition) is 2. The lowest BCUT2D eigenvalue weighted by Crippen LogP contribution is -2.34. The van der Waals surface area contributed by atoms with Gasteiger partial charge in [0.2, 0.25) is 5.91 Å². The Morgan fingerprint density at radius 3 is 2.63 bits per heavy atom. The maximum atomic E-state index is 11.8. The van der Waals surface area contributed by atoms with Gasteiger partial charge in [0.05, 0.1) is 9.61 Å². The Morgan fingerprint density at radius 1 is 1.26 bits per heavy atom. The van der Waals surface area contributed by atoms with Crippen LogP contribution in [-0.4, -0.2) is 24.2 Å². The highest BCUT2D eigenvalue weighted by Gasteiger charge is 2.28. The Morgan fingerprint density at radius 2 is 2.00 bits per heavy atom. The van der Waals surface area contributed by atoms with Crippen molar-refractivity contribution in [3.05, 3.63) is 39.7 Å². The summed E-state index contributed by atoms with van der Waals surface area (Å²) in [4.78, 5) is 11.8. The lowest BCUT2D eigenvalue weighted by atomic mass is 10.3. The number of thioether (sulfide) groups is 1. The van der Waals surface area contributed by atoms with Gasteiger partial charge in [-0.05, 0) is 12.1 Å². The van der Waals surface area contributed by atoms with Gasteiger partial charge in [0.15, 0.2) is 0 Å². The number of para-hydroxylation sites is 1. The molecule has 0 fully saturated rings. The minimum absolute atomic E-state index is 0.0198. The standard InChI is InChI=1S/C13H14Cl2N2OS/c14-10-8-11(19-12(10)15)13(18)17-7-6-16-9-4-2-1-3-5-9/h1-5,11,16H,6-8H2,(H,17,18). The van der Waals surface area contributed by atoms with Gasteiger partial charge in [0.1, 0.15) is 0 Å². The molecule has 1 aliphatic heterocycles. The molecule has 0 radical (unpaired) electrons. The number of carbonyl (C=O) groups excluding carboxylic acids is 1. The summed E-state index contributed by atoms with van der Waals surface area (Å²) in [5, 5.41) is 6.47. The zero-order chi connectivity index (χ0) is 13.7. The summed E-state index contributed by atoms with van der Waals surface area (Å²) in [6.07, 6.45) is 0.517. The predicted octanol–water partition coefficient (Wildman–Crippen LogP) is 3.37. The van der Waals surface area contributed by atoms with Crippen molar-refractivity contribution in [2.24, 2.45) is 0 Å². The molecule has 0 aromatic heterocycles. The Kier molecular flexibility index (Phi) is 5.43. The highest BCUT2D eigenvalue weighted by atomic mass is 35.5. The van der Waals surface area contributed by atoms with Crippen LogP contribution in [0.25, 0.3) is 0 Å². The maximum Gasteiger partial charge on any atom is 0.233 e. The molecule has 19 heavy (non-hydrogen) atoms. The molecule has 0 saturated carbocycles. The van der Waals surface area contributed by atoms with E-state index in [4.69, 9.17) is 23.2 Å². The molecule has 0 spiro atoms. The van der Waals surface area contributed by atoms with E-state index in [2.05, 4.69) is 10.6 Å². The van der Waals surface area contributed by atoms with Crippen LogP contribution in [-0.2, 0) is 4.79 Å². The van der Waals surface area contributed by atoms with Gasteiger partial charge in [-0.2, -0.15) is 0 Å². The Labute approximate surface area is 126 Å². The van der Waals surface area contributed by atoms with Crippen LogP contribution in [0, 0.1) is 0 Å². The van der Waals surface area contributed by atoms with Crippen LogP contribution in [0.5, 0.6) is 0 Å². The highest BCUT2D eigenvalue weighted by Crippen LogP contribution is 2.41. The molecule has 1 heterocycles. The molecule has 1 aliphatic rings. The Hall–Kier alpha value is -0.840. The normalized spacial score (nSPS) is 18.5. The summed E-state index contributed by atoms with van der Waals surface area (Å²) >= 11 is 13.1. The van der Waals surface area contributed by atoms with E-state index in [0.717, 1.165) is 5.69 Å². The van der Waals surface area contributed by atoms with E-state index in [1.54, 1.807) is 0 Å². The van der Waals surface area contributed by atoms with Gasteiger partial charge in [0, 0.05) is 30.2 Å². The third-order valence-electron chi connectivity index (χ3n) is 2.64. The monoisotopic (exact) mass is 316 g/mol. The van der Waals surface area contributed by atoms with E-state index in [1.165, 1.54) is 11.8 Å². The fourth-order valence-electron chi connectivity index (χ4n) is 1.68. The molecular formula is C13H14Cl2N2OS. The summed E-state index contributed by atoms with van der Waals surface area (Å²) in [5.74, 6) is -0.0198. The van der Waals surface area contributed by atoms with Crippen molar-refractivity contribution in [1.29, 1.82) is 0 Å². The smallest absolute Gasteiger partial charge is 0.233 e. The third-order valence-corrected chi connectivity index (χ3v) is 4.81. The fraction of sp³-hybridized carbons (Fsp3) is 0.308. The van der Waals surface area contributed by atoms with Crippen molar-refractivity contribution in [2.75, 3.05) is 18.4 Å². The molecular weight excluding hydrogens is 303 g/mol. The lowest BCUT2D eigenvalue weighted by molar-refractivity contribution is -0.120. The van der Waals surface area contributed by atoms with Gasteiger partial charge in [-0.3, -0.25) is 4.79 Å². The molecule has 2 N–H and O–H groups in total. The van der Waals surface area contributed by atoms with Crippen molar-refractivity contribution >= 4 is 46.6 Å². The first-order valence-electron chi connectivity index (χ1n) is 5.94. The first-order valence-corrected chi connectivity index (χ1v) is 7.58. The fourth-order valence-corrected chi connectivity index (χ4v) is 3.36. The Bertz CT molecular complexity index is 465. The number of allylic oxidation sites excluding steroid dienone is 1. The van der Waals surface area contributed by atoms with Gasteiger partial charge in [-0.1, -0.05) is 53.2 Å². The summed E-state index contributed by atoms with van der Waals surface area (Å²) in [6.45, 7) is 1.25. The summed E-state index contributed by atoms with van der Waals surface area (Å²) in [5.41, 5.74) is 1.04. The number of nitrogens with one attached hydrogen (secondary N) is 2. The van der Waals surface area contributed by atoms with Crippen molar-refractivity contribution in [2.45, 2.75) is 11.7 Å². The third kappa shape index (κ3) is 4.34. The van der Waals surface area contributed by atoms with Crippen molar-refractivity contribution < 1.29 is 4.79 Å². The van der Waals surface area contributed by atoms with E-state index >= 15 is 0 Å². The molecule has 1 aromatic carbocycles. The summed E-state index contributed by atoms with van der Waals surface area (Å²) in [6, 6.07) is 9.86. The molecule has 2 rings (SSSR count). The van der Waals surface area contributed by atoms with Gasteiger partial charge in [-0.15, -0.1) is 0 Å². The van der Waals surface area contributed by atoms with Gasteiger partial charge in [-0.25, -0.2) is 0 Å². The number of amides is 1. The van der Waals surface area contributed by atoms with E-state index in [-0.39, 0.29) is 11.2 Å². The summed E-state index contributed by atoms with van der Waals surface area (Å²) < 4.78 is 0.532. The SMILES string of the molecule is O=C(NCCNc1ccccc1)C1CC(Cl)=C(Cl)S1. The van der Waals surface area contributed by atoms with Crippen LogP contribution in [0.15, 0.2) is 39.7 Å². The quantitative estimate of drug-likeness (QED) is 0.818. The van der Waals surface area contributed by atoms with Crippen molar-refractivity contribution in [3.63, 3.8) is 0 Å². The predicted molar refractivity (Wildman–Crippen MR) is 82.7 cm³/mol. The molecule has 3 nitrogen and oxygen atoms in total. The minimum atomic E-state index is -0.197. The number of halogens is 2. The molecule has 0 bridgehead atoms. The highest BCUT2D eigenvalue weighted by molar-refractivity contribution is 8.06. The number of rotatable bonds is 5. The van der Waals surface area contributed by atoms with E-state index in [9.17, 15) is 4.79 Å². The number of hydrogen-bond acceptors (Lipinski definition) is 3.